The molecule has 0 radical (unpaired) electrons. The standard InChI is InChI=1S/C36H32N2O8/c1-5-33(42)38-34(43)31-17-16-29(18-24(31)21-40)45-27-12-7-25(8-13-27)36(3,4)26-9-14-28(15-10-26)46-30-11-6-23(20-39)32(19-30)35(44)37-22(2)41/h6-21H,5H2,1-4H3,(H,37,41,44)(H,38,42,43). The van der Waals surface area contributed by atoms with Gasteiger partial charge in [-0.15, -0.1) is 0 Å². The van der Waals surface area contributed by atoms with Crippen molar-refractivity contribution < 1.29 is 38.2 Å². The summed E-state index contributed by atoms with van der Waals surface area (Å²) in [7, 11) is 0. The van der Waals surface area contributed by atoms with E-state index in [0.717, 1.165) is 11.1 Å². The Labute approximate surface area is 265 Å². The molecule has 4 aromatic rings. The third kappa shape index (κ3) is 7.78. The number of imide groups is 2. The molecular formula is C36H32N2O8. The molecule has 0 heterocycles. The number of carbonyl (C=O) groups is 6. The number of benzene rings is 4. The number of aldehydes is 2. The van der Waals surface area contributed by atoms with Crippen molar-refractivity contribution in [3.05, 3.63) is 118 Å². The fraction of sp³-hybridized carbons (Fsp3) is 0.167. The van der Waals surface area contributed by atoms with E-state index in [0.29, 0.717) is 35.6 Å². The van der Waals surface area contributed by atoms with Crippen molar-refractivity contribution in [1.29, 1.82) is 0 Å². The number of hydrogen-bond donors (Lipinski definition) is 2. The van der Waals surface area contributed by atoms with Crippen LogP contribution in [0, 0.1) is 0 Å². The predicted octanol–water partition coefficient (Wildman–Crippen LogP) is 6.16. The second-order valence-electron chi connectivity index (χ2n) is 10.9. The Hall–Kier alpha value is -5.90. The Morgan fingerprint density at radius 2 is 1.11 bits per heavy atom. The zero-order valence-electron chi connectivity index (χ0n) is 25.7. The Morgan fingerprint density at radius 3 is 1.61 bits per heavy atom. The zero-order chi connectivity index (χ0) is 33.4. The van der Waals surface area contributed by atoms with E-state index >= 15 is 0 Å². The molecule has 2 N–H and O–H groups in total. The molecule has 0 saturated carbocycles. The minimum absolute atomic E-state index is 0.0292. The molecule has 0 aliphatic carbocycles. The highest BCUT2D eigenvalue weighted by Crippen LogP contribution is 2.35. The van der Waals surface area contributed by atoms with E-state index < -0.39 is 29.0 Å². The van der Waals surface area contributed by atoms with Gasteiger partial charge in [-0.2, -0.15) is 0 Å². The van der Waals surface area contributed by atoms with Crippen LogP contribution in [-0.4, -0.2) is 36.2 Å². The molecule has 0 fully saturated rings. The molecule has 0 atom stereocenters. The average Bonchev–Trinajstić information content (AvgIpc) is 3.04. The van der Waals surface area contributed by atoms with Gasteiger partial charge in [-0.05, 0) is 71.8 Å². The largest absolute Gasteiger partial charge is 0.457 e. The predicted molar refractivity (Wildman–Crippen MR) is 170 cm³/mol. The van der Waals surface area contributed by atoms with Crippen molar-refractivity contribution in [3.63, 3.8) is 0 Å². The Kier molecular flexibility index (Phi) is 10.2. The molecule has 0 bridgehead atoms. The van der Waals surface area contributed by atoms with E-state index in [9.17, 15) is 28.8 Å². The molecule has 10 heteroatoms. The van der Waals surface area contributed by atoms with Gasteiger partial charge in [0.05, 0.1) is 11.1 Å². The van der Waals surface area contributed by atoms with Gasteiger partial charge < -0.3 is 9.47 Å². The summed E-state index contributed by atoms with van der Waals surface area (Å²) in [4.78, 5) is 70.6. The molecule has 0 aliphatic rings. The fourth-order valence-corrected chi connectivity index (χ4v) is 4.63. The highest BCUT2D eigenvalue weighted by atomic mass is 16.5. The maximum absolute atomic E-state index is 12.4. The summed E-state index contributed by atoms with van der Waals surface area (Å²) in [5.74, 6) is -0.605. The number of nitrogens with one attached hydrogen (secondary N) is 2. The van der Waals surface area contributed by atoms with Crippen LogP contribution in [0.1, 0.15) is 86.7 Å². The number of ether oxygens (including phenoxy) is 2. The fourth-order valence-electron chi connectivity index (χ4n) is 4.63. The lowest BCUT2D eigenvalue weighted by atomic mass is 9.78. The van der Waals surface area contributed by atoms with Gasteiger partial charge in [-0.25, -0.2) is 0 Å². The van der Waals surface area contributed by atoms with Crippen molar-refractivity contribution in [2.24, 2.45) is 0 Å². The highest BCUT2D eigenvalue weighted by Gasteiger charge is 2.23. The highest BCUT2D eigenvalue weighted by molar-refractivity contribution is 6.09. The van der Waals surface area contributed by atoms with E-state index in [1.165, 1.54) is 31.2 Å². The Balaban J connectivity index is 1.46. The van der Waals surface area contributed by atoms with Crippen LogP contribution in [-0.2, 0) is 15.0 Å². The Bertz CT molecular complexity index is 1810. The maximum Gasteiger partial charge on any atom is 0.258 e. The maximum atomic E-state index is 12.4. The van der Waals surface area contributed by atoms with Crippen LogP contribution in [0.25, 0.3) is 0 Å². The smallest absolute Gasteiger partial charge is 0.258 e. The van der Waals surface area contributed by atoms with Gasteiger partial charge in [-0.3, -0.25) is 39.4 Å². The first-order valence-electron chi connectivity index (χ1n) is 14.4. The van der Waals surface area contributed by atoms with Crippen LogP contribution in [0.3, 0.4) is 0 Å². The minimum atomic E-state index is -0.692. The molecule has 46 heavy (non-hydrogen) atoms. The number of amides is 4. The van der Waals surface area contributed by atoms with Gasteiger partial charge in [0.1, 0.15) is 23.0 Å². The van der Waals surface area contributed by atoms with Crippen molar-refractivity contribution >= 4 is 36.2 Å². The van der Waals surface area contributed by atoms with Crippen molar-refractivity contribution in [3.8, 4) is 23.0 Å². The molecule has 10 nitrogen and oxygen atoms in total. The molecule has 0 aromatic heterocycles. The monoisotopic (exact) mass is 620 g/mol. The molecule has 0 unspecified atom stereocenters. The third-order valence-electron chi connectivity index (χ3n) is 7.28. The molecule has 0 saturated heterocycles. The van der Waals surface area contributed by atoms with E-state index in [-0.39, 0.29) is 28.7 Å². The molecule has 4 rings (SSSR count). The molecule has 4 aromatic carbocycles. The summed E-state index contributed by atoms with van der Waals surface area (Å²) in [6.45, 7) is 6.97. The van der Waals surface area contributed by atoms with Gasteiger partial charge in [0, 0.05) is 29.9 Å². The van der Waals surface area contributed by atoms with Gasteiger partial charge in [0.2, 0.25) is 11.8 Å². The zero-order valence-corrected chi connectivity index (χ0v) is 25.7. The van der Waals surface area contributed by atoms with E-state index in [1.807, 2.05) is 24.3 Å². The first kappa shape index (κ1) is 33.0. The number of rotatable bonds is 11. The number of carbonyl (C=O) groups excluding carboxylic acids is 6. The first-order valence-corrected chi connectivity index (χ1v) is 14.4. The second kappa shape index (κ2) is 14.3. The quantitative estimate of drug-likeness (QED) is 0.190. The van der Waals surface area contributed by atoms with Crippen molar-refractivity contribution in [1.82, 2.24) is 10.6 Å². The summed E-state index contributed by atoms with van der Waals surface area (Å²) < 4.78 is 11.8. The van der Waals surface area contributed by atoms with Crippen LogP contribution in [0.15, 0.2) is 84.9 Å². The van der Waals surface area contributed by atoms with Crippen LogP contribution in [0.4, 0.5) is 0 Å². The van der Waals surface area contributed by atoms with Gasteiger partial charge in [0.25, 0.3) is 11.8 Å². The normalized spacial score (nSPS) is 10.8. The molecule has 0 spiro atoms. The third-order valence-corrected chi connectivity index (χ3v) is 7.28. The lowest BCUT2D eigenvalue weighted by molar-refractivity contribution is -0.120. The van der Waals surface area contributed by atoms with Gasteiger partial charge >= 0.3 is 0 Å². The van der Waals surface area contributed by atoms with Crippen LogP contribution < -0.4 is 20.1 Å². The summed E-state index contributed by atoms with van der Waals surface area (Å²) in [6.07, 6.45) is 1.22. The molecule has 234 valence electrons. The summed E-state index contributed by atoms with van der Waals surface area (Å²) in [5, 5.41) is 4.40. The minimum Gasteiger partial charge on any atom is -0.457 e. The number of hydrogen-bond acceptors (Lipinski definition) is 8. The van der Waals surface area contributed by atoms with Crippen LogP contribution in [0.2, 0.25) is 0 Å². The van der Waals surface area contributed by atoms with Gasteiger partial charge in [-0.1, -0.05) is 45.0 Å². The van der Waals surface area contributed by atoms with Crippen LogP contribution >= 0.6 is 0 Å². The second-order valence-corrected chi connectivity index (χ2v) is 10.9. The van der Waals surface area contributed by atoms with Crippen molar-refractivity contribution in [2.75, 3.05) is 0 Å². The Morgan fingerprint density at radius 1 is 0.630 bits per heavy atom. The van der Waals surface area contributed by atoms with E-state index in [2.05, 4.69) is 24.5 Å². The van der Waals surface area contributed by atoms with Crippen molar-refractivity contribution in [2.45, 2.75) is 39.5 Å². The lowest BCUT2D eigenvalue weighted by Crippen LogP contribution is -2.30. The molecular weight excluding hydrogens is 588 g/mol. The molecule has 0 aliphatic heterocycles. The first-order chi connectivity index (χ1) is 21.9. The SMILES string of the molecule is CCC(=O)NC(=O)c1ccc(Oc2ccc(C(C)(C)c3ccc(Oc4ccc(C=O)c(C(=O)NC(C)=O)c4)cc3)cc2)cc1C=O. The lowest BCUT2D eigenvalue weighted by Gasteiger charge is -2.26. The van der Waals surface area contributed by atoms with Gasteiger partial charge in [0.15, 0.2) is 12.6 Å². The topological polar surface area (TPSA) is 145 Å². The summed E-state index contributed by atoms with van der Waals surface area (Å²) in [6, 6.07) is 23.8. The van der Waals surface area contributed by atoms with Crippen LogP contribution in [0.5, 0.6) is 23.0 Å². The summed E-state index contributed by atoms with van der Waals surface area (Å²) in [5.41, 5.74) is 1.93. The summed E-state index contributed by atoms with van der Waals surface area (Å²) >= 11 is 0. The molecule has 4 amide bonds. The average molecular weight is 621 g/mol. The van der Waals surface area contributed by atoms with E-state index in [1.54, 1.807) is 43.3 Å². The van der Waals surface area contributed by atoms with E-state index in [4.69, 9.17) is 9.47 Å².